The molecule has 31 heavy (non-hydrogen) atoms. The number of methoxy groups -OCH3 is 2. The van der Waals surface area contributed by atoms with E-state index in [4.69, 9.17) is 21.1 Å². The summed E-state index contributed by atoms with van der Waals surface area (Å²) in [6, 6.07) is 20.8. The van der Waals surface area contributed by atoms with Gasteiger partial charge in [-0.15, -0.1) is 0 Å². The number of amides is 1. The molecule has 1 amide bonds. The van der Waals surface area contributed by atoms with Gasteiger partial charge in [-0.3, -0.25) is 10.2 Å². The molecule has 0 aromatic heterocycles. The molecule has 0 aliphatic carbocycles. The summed E-state index contributed by atoms with van der Waals surface area (Å²) in [6.07, 6.45) is 0.759. The average Bonchev–Trinajstić information content (AvgIpc) is 2.80. The maximum Gasteiger partial charge on any atom is 0.265 e. The van der Waals surface area contributed by atoms with Gasteiger partial charge in [-0.05, 0) is 66.4 Å². The van der Waals surface area contributed by atoms with Crippen molar-refractivity contribution < 1.29 is 14.3 Å². The van der Waals surface area contributed by atoms with Crippen LogP contribution in [0.5, 0.6) is 11.5 Å². The highest BCUT2D eigenvalue weighted by molar-refractivity contribution is 6.30. The number of nitrogens with zero attached hydrogens (tertiary/aromatic N) is 1. The van der Waals surface area contributed by atoms with Gasteiger partial charge < -0.3 is 9.47 Å². The Labute approximate surface area is 187 Å². The average molecular weight is 437 g/mol. The van der Waals surface area contributed by atoms with E-state index in [1.54, 1.807) is 14.2 Å². The maximum absolute atomic E-state index is 13.0. The normalized spacial score (nSPS) is 18.2. The SMILES string of the molecule is COc1cc2c(cc1OC)C(c1ccc(Cl)cc1)N(NC(=O)c1ccccc1)C(C)C2. The molecule has 3 aromatic rings. The van der Waals surface area contributed by atoms with Crippen LogP contribution in [-0.2, 0) is 6.42 Å². The summed E-state index contributed by atoms with van der Waals surface area (Å²) in [5, 5.41) is 2.69. The van der Waals surface area contributed by atoms with Crippen molar-refractivity contribution in [3.05, 3.63) is 94.0 Å². The van der Waals surface area contributed by atoms with E-state index in [1.807, 2.05) is 71.7 Å². The number of hydrogen-bond acceptors (Lipinski definition) is 4. The van der Waals surface area contributed by atoms with Crippen LogP contribution < -0.4 is 14.9 Å². The number of benzene rings is 3. The highest BCUT2D eigenvalue weighted by Crippen LogP contribution is 2.42. The first kappa shape index (κ1) is 21.2. The first-order valence-electron chi connectivity index (χ1n) is 10.2. The fraction of sp³-hybridized carbons (Fsp3) is 0.240. The quantitative estimate of drug-likeness (QED) is 0.608. The number of hydrogen-bond donors (Lipinski definition) is 1. The number of nitrogens with one attached hydrogen (secondary N) is 1. The van der Waals surface area contributed by atoms with Crippen molar-refractivity contribution in [1.82, 2.24) is 10.4 Å². The highest BCUT2D eigenvalue weighted by Gasteiger charge is 2.35. The second kappa shape index (κ2) is 9.00. The number of hydrazine groups is 1. The second-order valence-corrected chi connectivity index (χ2v) is 8.06. The lowest BCUT2D eigenvalue weighted by Gasteiger charge is -2.42. The number of fused-ring (bicyclic) bond motifs is 1. The Morgan fingerprint density at radius 3 is 2.29 bits per heavy atom. The van der Waals surface area contributed by atoms with Crippen LogP contribution in [0.25, 0.3) is 0 Å². The van der Waals surface area contributed by atoms with Crippen molar-refractivity contribution in [2.24, 2.45) is 0 Å². The minimum absolute atomic E-state index is 0.0546. The molecule has 2 atom stereocenters. The van der Waals surface area contributed by atoms with E-state index in [0.29, 0.717) is 22.1 Å². The molecule has 1 aliphatic heterocycles. The fourth-order valence-corrected chi connectivity index (χ4v) is 4.25. The van der Waals surface area contributed by atoms with Gasteiger partial charge in [0.2, 0.25) is 0 Å². The first-order valence-corrected chi connectivity index (χ1v) is 10.5. The van der Waals surface area contributed by atoms with Gasteiger partial charge in [0.25, 0.3) is 5.91 Å². The summed E-state index contributed by atoms with van der Waals surface area (Å²) in [5.74, 6) is 1.21. The van der Waals surface area contributed by atoms with Crippen molar-refractivity contribution in [2.45, 2.75) is 25.4 Å². The van der Waals surface area contributed by atoms with Crippen LogP contribution in [0.1, 0.15) is 40.0 Å². The Kier molecular flexibility index (Phi) is 6.16. The van der Waals surface area contributed by atoms with Gasteiger partial charge in [0, 0.05) is 16.6 Å². The molecule has 0 fully saturated rings. The number of rotatable bonds is 5. The zero-order chi connectivity index (χ0) is 22.0. The molecule has 160 valence electrons. The molecular formula is C25H25ClN2O3. The molecule has 1 aliphatic rings. The lowest BCUT2D eigenvalue weighted by molar-refractivity contribution is 0.0552. The van der Waals surface area contributed by atoms with Crippen molar-refractivity contribution in [3.8, 4) is 11.5 Å². The summed E-state index contributed by atoms with van der Waals surface area (Å²) < 4.78 is 11.1. The van der Waals surface area contributed by atoms with Crippen LogP contribution in [0.3, 0.4) is 0 Å². The van der Waals surface area contributed by atoms with Crippen LogP contribution >= 0.6 is 11.6 Å². The van der Waals surface area contributed by atoms with E-state index < -0.39 is 0 Å². The zero-order valence-corrected chi connectivity index (χ0v) is 18.5. The van der Waals surface area contributed by atoms with Gasteiger partial charge in [0.1, 0.15) is 0 Å². The molecule has 1 N–H and O–H groups in total. The Balaban J connectivity index is 1.80. The lowest BCUT2D eigenvalue weighted by atomic mass is 9.86. The molecular weight excluding hydrogens is 412 g/mol. The van der Waals surface area contributed by atoms with Crippen molar-refractivity contribution in [3.63, 3.8) is 0 Å². The van der Waals surface area contributed by atoms with E-state index in [0.717, 1.165) is 23.1 Å². The lowest BCUT2D eigenvalue weighted by Crippen LogP contribution is -2.52. The molecule has 2 unspecified atom stereocenters. The monoisotopic (exact) mass is 436 g/mol. The van der Waals surface area contributed by atoms with Crippen LogP contribution in [-0.4, -0.2) is 31.2 Å². The number of carbonyl (C=O) groups excluding carboxylic acids is 1. The molecule has 1 heterocycles. The molecule has 0 saturated heterocycles. The standard InChI is InChI=1S/C25H25ClN2O3/c1-16-13-19-14-22(30-2)23(31-3)15-21(19)24(17-9-11-20(26)12-10-17)28(16)27-25(29)18-7-5-4-6-8-18/h4-12,14-16,24H,13H2,1-3H3,(H,27,29). The van der Waals surface area contributed by atoms with Crippen LogP contribution in [0.2, 0.25) is 5.02 Å². The van der Waals surface area contributed by atoms with Crippen LogP contribution in [0, 0.1) is 0 Å². The van der Waals surface area contributed by atoms with Gasteiger partial charge >= 0.3 is 0 Å². The largest absolute Gasteiger partial charge is 0.493 e. The number of carbonyl (C=O) groups is 1. The van der Waals surface area contributed by atoms with Crippen LogP contribution in [0.4, 0.5) is 0 Å². The molecule has 0 saturated carbocycles. The van der Waals surface area contributed by atoms with E-state index in [-0.39, 0.29) is 18.0 Å². The minimum Gasteiger partial charge on any atom is -0.493 e. The van der Waals surface area contributed by atoms with E-state index in [1.165, 1.54) is 0 Å². The molecule has 5 nitrogen and oxygen atoms in total. The van der Waals surface area contributed by atoms with Gasteiger partial charge in [0.15, 0.2) is 11.5 Å². The summed E-state index contributed by atoms with van der Waals surface area (Å²) in [7, 11) is 3.27. The van der Waals surface area contributed by atoms with Crippen molar-refractivity contribution in [2.75, 3.05) is 14.2 Å². The maximum atomic E-state index is 13.0. The number of ether oxygens (including phenoxy) is 2. The van der Waals surface area contributed by atoms with Crippen molar-refractivity contribution >= 4 is 17.5 Å². The van der Waals surface area contributed by atoms with Gasteiger partial charge in [-0.25, -0.2) is 5.01 Å². The Morgan fingerprint density at radius 2 is 1.65 bits per heavy atom. The summed E-state index contributed by atoms with van der Waals surface area (Å²) in [5.41, 5.74) is 7.01. The van der Waals surface area contributed by atoms with Crippen molar-refractivity contribution in [1.29, 1.82) is 0 Å². The highest BCUT2D eigenvalue weighted by atomic mass is 35.5. The van der Waals surface area contributed by atoms with E-state index in [2.05, 4.69) is 12.3 Å². The summed E-state index contributed by atoms with van der Waals surface area (Å²) in [6.45, 7) is 2.11. The Bertz CT molecular complexity index is 1070. The third-order valence-electron chi connectivity index (χ3n) is 5.66. The van der Waals surface area contributed by atoms with E-state index >= 15 is 0 Å². The second-order valence-electron chi connectivity index (χ2n) is 7.63. The third kappa shape index (κ3) is 4.24. The molecule has 0 spiro atoms. The van der Waals surface area contributed by atoms with E-state index in [9.17, 15) is 4.79 Å². The molecule has 6 heteroatoms. The summed E-state index contributed by atoms with van der Waals surface area (Å²) >= 11 is 6.15. The molecule has 3 aromatic carbocycles. The van der Waals surface area contributed by atoms with Gasteiger partial charge in [-0.2, -0.15) is 0 Å². The Morgan fingerprint density at radius 1 is 1.00 bits per heavy atom. The zero-order valence-electron chi connectivity index (χ0n) is 17.8. The Hall–Kier alpha value is -3.02. The predicted molar refractivity (Wildman–Crippen MR) is 122 cm³/mol. The predicted octanol–water partition coefficient (Wildman–Crippen LogP) is 5.04. The smallest absolute Gasteiger partial charge is 0.265 e. The third-order valence-corrected chi connectivity index (χ3v) is 5.91. The first-order chi connectivity index (χ1) is 15.0. The fourth-order valence-electron chi connectivity index (χ4n) is 4.12. The molecule has 4 rings (SSSR count). The van der Waals surface area contributed by atoms with Crippen LogP contribution in [0.15, 0.2) is 66.7 Å². The minimum atomic E-state index is -0.205. The summed E-state index contributed by atoms with van der Waals surface area (Å²) in [4.78, 5) is 13.0. The molecule has 0 radical (unpaired) electrons. The molecule has 0 bridgehead atoms. The van der Waals surface area contributed by atoms with Gasteiger partial charge in [0.05, 0.1) is 20.3 Å². The van der Waals surface area contributed by atoms with Gasteiger partial charge in [-0.1, -0.05) is 41.9 Å². The number of halogens is 1. The topological polar surface area (TPSA) is 50.8 Å².